The third-order valence-electron chi connectivity index (χ3n) is 3.30. The van der Waals surface area contributed by atoms with E-state index in [-0.39, 0.29) is 0 Å². The van der Waals surface area contributed by atoms with E-state index in [0.29, 0.717) is 6.61 Å². The summed E-state index contributed by atoms with van der Waals surface area (Å²) in [5, 5.41) is 3.02. The molecule has 19 heavy (non-hydrogen) atoms. The minimum Gasteiger partial charge on any atom is -0.487 e. The summed E-state index contributed by atoms with van der Waals surface area (Å²) in [7, 11) is 0. The molecular weight excluding hydrogens is 258 g/mol. The molecule has 0 bridgehead atoms. The van der Waals surface area contributed by atoms with E-state index in [9.17, 15) is 0 Å². The molecule has 1 aliphatic heterocycles. The Morgan fingerprint density at radius 1 is 1.21 bits per heavy atom. The van der Waals surface area contributed by atoms with Crippen molar-refractivity contribution in [3.05, 3.63) is 41.3 Å². The van der Waals surface area contributed by atoms with Gasteiger partial charge in [-0.1, -0.05) is 41.7 Å². The van der Waals surface area contributed by atoms with Gasteiger partial charge in [0.15, 0.2) is 5.13 Å². The van der Waals surface area contributed by atoms with Crippen LogP contribution in [0.3, 0.4) is 0 Å². The number of anilines is 1. The summed E-state index contributed by atoms with van der Waals surface area (Å²) in [4.78, 5) is 5.63. The topological polar surface area (TPSA) is 60.2 Å². The van der Waals surface area contributed by atoms with Gasteiger partial charge in [-0.3, -0.25) is 5.43 Å². The number of hydrazine groups is 1. The van der Waals surface area contributed by atoms with Crippen LogP contribution < -0.4 is 16.0 Å². The smallest absolute Gasteiger partial charge is 0.197 e. The number of thiazole rings is 1. The van der Waals surface area contributed by atoms with Crippen LogP contribution in [-0.4, -0.2) is 4.98 Å². The van der Waals surface area contributed by atoms with Crippen LogP contribution in [-0.2, 0) is 6.61 Å². The highest BCUT2D eigenvalue weighted by Crippen LogP contribution is 2.44. The van der Waals surface area contributed by atoms with Crippen molar-refractivity contribution in [2.24, 2.45) is 5.84 Å². The first-order valence-corrected chi connectivity index (χ1v) is 6.80. The molecule has 0 unspecified atom stereocenters. The highest BCUT2D eigenvalue weighted by atomic mass is 32.1. The van der Waals surface area contributed by atoms with Gasteiger partial charge in [0.1, 0.15) is 12.4 Å². The van der Waals surface area contributed by atoms with E-state index in [4.69, 9.17) is 10.6 Å². The normalized spacial score (nSPS) is 12.7. The van der Waals surface area contributed by atoms with E-state index < -0.39 is 0 Å². The molecule has 2 heterocycles. The largest absolute Gasteiger partial charge is 0.487 e. The number of nitrogens with one attached hydrogen (secondary N) is 1. The van der Waals surface area contributed by atoms with E-state index in [1.807, 2.05) is 12.1 Å². The van der Waals surface area contributed by atoms with E-state index >= 15 is 0 Å². The first-order chi connectivity index (χ1) is 9.36. The summed E-state index contributed by atoms with van der Waals surface area (Å²) in [5.41, 5.74) is 4.62. The predicted octanol–water partition coefficient (Wildman–Crippen LogP) is 3.14. The molecule has 3 N–H and O–H groups in total. The van der Waals surface area contributed by atoms with Crippen LogP contribution in [0.4, 0.5) is 5.13 Å². The van der Waals surface area contributed by atoms with E-state index in [2.05, 4.69) is 34.7 Å². The maximum absolute atomic E-state index is 5.92. The Morgan fingerprint density at radius 2 is 2.11 bits per heavy atom. The van der Waals surface area contributed by atoms with Crippen LogP contribution >= 0.6 is 11.3 Å². The lowest BCUT2D eigenvalue weighted by molar-refractivity contribution is 0.309. The van der Waals surface area contributed by atoms with Crippen LogP contribution in [0.1, 0.15) is 4.88 Å². The Balaban J connectivity index is 2.02. The van der Waals surface area contributed by atoms with Crippen molar-refractivity contribution < 1.29 is 4.74 Å². The minimum absolute atomic E-state index is 0.551. The van der Waals surface area contributed by atoms with Crippen LogP contribution in [0.2, 0.25) is 0 Å². The molecule has 1 aliphatic rings. The van der Waals surface area contributed by atoms with Crippen molar-refractivity contribution in [3.63, 3.8) is 0 Å². The lowest BCUT2D eigenvalue weighted by atomic mass is 10.0. The second kappa shape index (κ2) is 3.94. The molecule has 2 aromatic carbocycles. The standard InChI is InChI=1S/C14H11N3OS/c15-17-14-16-12-10-6-5-8-3-1-2-4-9(8)13(10)18-7-11(12)19-14/h1-6H,7,15H2,(H,16,17). The molecule has 0 saturated carbocycles. The summed E-state index contributed by atoms with van der Waals surface area (Å²) in [6, 6.07) is 12.4. The van der Waals surface area contributed by atoms with Crippen molar-refractivity contribution in [1.29, 1.82) is 0 Å². The fraction of sp³-hybridized carbons (Fsp3) is 0.0714. The molecule has 0 atom stereocenters. The first-order valence-electron chi connectivity index (χ1n) is 5.98. The molecule has 0 saturated heterocycles. The fourth-order valence-electron chi connectivity index (χ4n) is 2.44. The summed E-state index contributed by atoms with van der Waals surface area (Å²) in [6.07, 6.45) is 0. The molecule has 0 radical (unpaired) electrons. The molecule has 5 heteroatoms. The van der Waals surface area contributed by atoms with Gasteiger partial charge in [0, 0.05) is 10.9 Å². The zero-order valence-electron chi connectivity index (χ0n) is 10.0. The highest BCUT2D eigenvalue weighted by Gasteiger charge is 2.23. The SMILES string of the molecule is NNc1nc2c(s1)COc1c-2ccc2ccccc12. The van der Waals surface area contributed by atoms with Crippen molar-refractivity contribution in [2.75, 3.05) is 5.43 Å². The van der Waals surface area contributed by atoms with Crippen molar-refractivity contribution in [3.8, 4) is 17.0 Å². The molecule has 1 aromatic heterocycles. The highest BCUT2D eigenvalue weighted by molar-refractivity contribution is 7.16. The molecule has 0 aliphatic carbocycles. The zero-order chi connectivity index (χ0) is 12.8. The average molecular weight is 269 g/mol. The maximum Gasteiger partial charge on any atom is 0.197 e. The minimum atomic E-state index is 0.551. The Morgan fingerprint density at radius 3 is 3.00 bits per heavy atom. The van der Waals surface area contributed by atoms with Gasteiger partial charge in [-0.25, -0.2) is 10.8 Å². The number of rotatable bonds is 1. The number of nitrogen functional groups attached to an aromatic ring is 1. The third kappa shape index (κ3) is 1.52. The molecule has 4 nitrogen and oxygen atoms in total. The van der Waals surface area contributed by atoms with Crippen LogP contribution in [0, 0.1) is 0 Å². The number of hydrogen-bond acceptors (Lipinski definition) is 5. The Hall–Kier alpha value is -2.11. The number of ether oxygens (including phenoxy) is 1. The van der Waals surface area contributed by atoms with Gasteiger partial charge in [0.05, 0.1) is 10.6 Å². The summed E-state index contributed by atoms with van der Waals surface area (Å²) in [6.45, 7) is 0.551. The van der Waals surface area contributed by atoms with Crippen molar-refractivity contribution in [2.45, 2.75) is 6.61 Å². The summed E-state index contributed by atoms with van der Waals surface area (Å²) < 4.78 is 5.92. The zero-order valence-corrected chi connectivity index (χ0v) is 10.8. The Kier molecular flexibility index (Phi) is 2.24. The monoisotopic (exact) mass is 269 g/mol. The van der Waals surface area contributed by atoms with Gasteiger partial charge in [-0.2, -0.15) is 0 Å². The number of nitrogens with zero attached hydrogens (tertiary/aromatic N) is 1. The average Bonchev–Trinajstić information content (AvgIpc) is 2.90. The predicted molar refractivity (Wildman–Crippen MR) is 77.2 cm³/mol. The molecule has 0 spiro atoms. The fourth-order valence-corrected chi connectivity index (χ4v) is 3.24. The second-order valence-corrected chi connectivity index (χ2v) is 5.47. The lowest BCUT2D eigenvalue weighted by Gasteiger charge is -2.18. The maximum atomic E-state index is 5.92. The van der Waals surface area contributed by atoms with Gasteiger partial charge in [0.25, 0.3) is 0 Å². The molecule has 3 aromatic rings. The molecular formula is C14H11N3OS. The van der Waals surface area contributed by atoms with Gasteiger partial charge >= 0.3 is 0 Å². The molecule has 0 amide bonds. The summed E-state index contributed by atoms with van der Waals surface area (Å²) in [5.74, 6) is 6.35. The number of benzene rings is 2. The Bertz CT molecular complexity index is 781. The first kappa shape index (κ1) is 10.8. The van der Waals surface area contributed by atoms with Gasteiger partial charge < -0.3 is 4.74 Å². The quantitative estimate of drug-likeness (QED) is 0.526. The molecule has 94 valence electrons. The van der Waals surface area contributed by atoms with Crippen LogP contribution in [0.25, 0.3) is 22.0 Å². The number of hydrogen-bond donors (Lipinski definition) is 2. The molecule has 0 fully saturated rings. The number of fused-ring (bicyclic) bond motifs is 5. The third-order valence-corrected chi connectivity index (χ3v) is 4.26. The van der Waals surface area contributed by atoms with Gasteiger partial charge in [-0.05, 0) is 11.5 Å². The van der Waals surface area contributed by atoms with Gasteiger partial charge in [-0.15, -0.1) is 0 Å². The van der Waals surface area contributed by atoms with E-state index in [0.717, 1.165) is 32.4 Å². The number of nitrogens with two attached hydrogens (primary N) is 1. The number of aromatic nitrogens is 1. The van der Waals surface area contributed by atoms with E-state index in [1.165, 1.54) is 16.7 Å². The van der Waals surface area contributed by atoms with E-state index in [1.54, 1.807) is 0 Å². The summed E-state index contributed by atoms with van der Waals surface area (Å²) >= 11 is 1.53. The molecule has 4 rings (SSSR count). The van der Waals surface area contributed by atoms with Gasteiger partial charge in [0.2, 0.25) is 0 Å². The second-order valence-electron chi connectivity index (χ2n) is 4.39. The van der Waals surface area contributed by atoms with Crippen molar-refractivity contribution in [1.82, 2.24) is 4.98 Å². The van der Waals surface area contributed by atoms with Crippen LogP contribution in [0.5, 0.6) is 5.75 Å². The lowest BCUT2D eigenvalue weighted by Crippen LogP contribution is -2.06. The van der Waals surface area contributed by atoms with Crippen molar-refractivity contribution >= 4 is 27.2 Å². The van der Waals surface area contributed by atoms with Crippen LogP contribution in [0.15, 0.2) is 36.4 Å². The Labute approximate surface area is 113 Å².